The summed E-state index contributed by atoms with van der Waals surface area (Å²) >= 11 is 1.71. The summed E-state index contributed by atoms with van der Waals surface area (Å²) in [6, 6.07) is 9.41. The van der Waals surface area contributed by atoms with Crippen LogP contribution in [0.4, 0.5) is 0 Å². The van der Waals surface area contributed by atoms with Crippen molar-refractivity contribution in [1.29, 1.82) is 0 Å². The number of ether oxygens (including phenoxy) is 1. The monoisotopic (exact) mass is 451 g/mol. The molecule has 3 aliphatic rings. The van der Waals surface area contributed by atoms with Gasteiger partial charge in [0.15, 0.2) is 5.75 Å². The fourth-order valence-corrected chi connectivity index (χ4v) is 5.88. The zero-order valence-electron chi connectivity index (χ0n) is 17.7. The molecule has 3 aliphatic heterocycles. The van der Waals surface area contributed by atoms with E-state index < -0.39 is 0 Å². The van der Waals surface area contributed by atoms with Crippen LogP contribution in [-0.4, -0.2) is 50.6 Å². The third-order valence-electron chi connectivity index (χ3n) is 6.76. The molecule has 1 saturated heterocycles. The second kappa shape index (κ2) is 8.06. The highest BCUT2D eigenvalue weighted by molar-refractivity contribution is 7.99. The quantitative estimate of drug-likeness (QED) is 0.634. The second-order valence-corrected chi connectivity index (χ2v) is 9.71. The molecule has 0 radical (unpaired) electrons. The third kappa shape index (κ3) is 3.54. The topological polar surface area (TPSA) is 81.4 Å². The Morgan fingerprint density at radius 3 is 2.78 bits per heavy atom. The molecule has 32 heavy (non-hydrogen) atoms. The Kier molecular flexibility index (Phi) is 5.04. The maximum atomic E-state index is 12.6. The van der Waals surface area contributed by atoms with Crippen LogP contribution in [0.25, 0.3) is 11.0 Å². The minimum atomic E-state index is -0.0348. The lowest BCUT2D eigenvalue weighted by molar-refractivity contribution is 0.171. The van der Waals surface area contributed by atoms with E-state index in [9.17, 15) is 9.59 Å². The maximum Gasteiger partial charge on any atom is 0.252 e. The number of pyridine rings is 3. The molecule has 1 fully saturated rings. The number of rotatable bonds is 5. The summed E-state index contributed by atoms with van der Waals surface area (Å²) in [4.78, 5) is 33.1. The lowest BCUT2D eigenvalue weighted by atomic mass is 10.0. The number of aromatic nitrogens is 3. The SMILES string of the molecule is O=c1ccc2ccc(=O)n3c2n1C[C@H]3CN1CCC(NCc2cc3c(cn2)OCS3)CC1. The Bertz CT molecular complexity index is 1290. The largest absolute Gasteiger partial charge is 0.480 e. The van der Waals surface area contributed by atoms with Crippen LogP contribution in [0.5, 0.6) is 5.75 Å². The number of nitrogens with one attached hydrogen (secondary N) is 1. The highest BCUT2D eigenvalue weighted by Gasteiger charge is 2.29. The maximum absolute atomic E-state index is 12.6. The summed E-state index contributed by atoms with van der Waals surface area (Å²) in [5, 5.41) is 4.59. The molecule has 1 N–H and O–H groups in total. The van der Waals surface area contributed by atoms with Crippen molar-refractivity contribution in [2.75, 3.05) is 25.6 Å². The number of likely N-dealkylation sites (tertiary alicyclic amines) is 1. The average Bonchev–Trinajstić information content (AvgIpc) is 3.43. The smallest absolute Gasteiger partial charge is 0.252 e. The van der Waals surface area contributed by atoms with E-state index in [1.807, 2.05) is 22.9 Å². The van der Waals surface area contributed by atoms with Crippen LogP contribution < -0.4 is 21.2 Å². The molecule has 8 nitrogen and oxygen atoms in total. The Morgan fingerprint density at radius 1 is 1.12 bits per heavy atom. The molecular weight excluding hydrogens is 426 g/mol. The van der Waals surface area contributed by atoms with Gasteiger partial charge in [0.2, 0.25) is 0 Å². The van der Waals surface area contributed by atoms with E-state index in [0.29, 0.717) is 18.5 Å². The van der Waals surface area contributed by atoms with Crippen LogP contribution in [0.3, 0.4) is 0 Å². The molecule has 6 rings (SSSR count). The fraction of sp³-hybridized carbons (Fsp3) is 0.435. The standard InChI is InChI=1S/C23H25N5O3S/c29-21-3-1-15-2-4-22(30)28-18(13-27(21)23(15)28)12-26-7-5-16(6-8-26)24-10-17-9-20-19(11-25-17)31-14-32-20/h1-4,9,11,16,18,24H,5-8,10,12-14H2/t18-/m1/s1. The molecule has 3 aromatic rings. The van der Waals surface area contributed by atoms with Gasteiger partial charge in [0.25, 0.3) is 11.1 Å². The Balaban J connectivity index is 1.07. The molecule has 166 valence electrons. The molecule has 0 amide bonds. The normalized spacial score (nSPS) is 20.6. The molecule has 9 heteroatoms. The highest BCUT2D eigenvalue weighted by atomic mass is 32.2. The van der Waals surface area contributed by atoms with E-state index in [2.05, 4.69) is 21.3 Å². The van der Waals surface area contributed by atoms with Crippen LogP contribution in [0, 0.1) is 0 Å². The van der Waals surface area contributed by atoms with E-state index in [4.69, 9.17) is 4.74 Å². The molecule has 0 aliphatic carbocycles. The Labute approximate surface area is 189 Å². The summed E-state index contributed by atoms with van der Waals surface area (Å²) in [5.41, 5.74) is 1.75. The van der Waals surface area contributed by atoms with Gasteiger partial charge in [0.1, 0.15) is 11.6 Å². The van der Waals surface area contributed by atoms with Crippen LogP contribution in [0.15, 0.2) is 51.0 Å². The number of fused-ring (bicyclic) bond motifs is 1. The summed E-state index contributed by atoms with van der Waals surface area (Å²) < 4.78 is 9.08. The number of thioether (sulfide) groups is 1. The van der Waals surface area contributed by atoms with E-state index in [1.54, 1.807) is 28.5 Å². The van der Waals surface area contributed by atoms with Crippen LogP contribution in [0.2, 0.25) is 0 Å². The van der Waals surface area contributed by atoms with Crippen LogP contribution >= 0.6 is 11.8 Å². The van der Waals surface area contributed by atoms with Gasteiger partial charge in [-0.05, 0) is 44.1 Å². The van der Waals surface area contributed by atoms with Crippen molar-refractivity contribution in [2.24, 2.45) is 0 Å². The number of hydrogen-bond acceptors (Lipinski definition) is 7. The predicted molar refractivity (Wildman–Crippen MR) is 123 cm³/mol. The summed E-state index contributed by atoms with van der Waals surface area (Å²) in [6.45, 7) is 4.07. The molecule has 1 atom stereocenters. The van der Waals surface area contributed by atoms with Crippen molar-refractivity contribution in [3.05, 3.63) is 62.9 Å². The van der Waals surface area contributed by atoms with Crippen LogP contribution in [-0.2, 0) is 13.1 Å². The third-order valence-corrected chi connectivity index (χ3v) is 7.63. The van der Waals surface area contributed by atoms with Gasteiger partial charge in [-0.2, -0.15) is 0 Å². The first-order valence-corrected chi connectivity index (χ1v) is 12.1. The van der Waals surface area contributed by atoms with Crippen LogP contribution in [0.1, 0.15) is 24.6 Å². The summed E-state index contributed by atoms with van der Waals surface area (Å²) in [5.74, 6) is 1.56. The summed E-state index contributed by atoms with van der Waals surface area (Å²) in [7, 11) is 0. The van der Waals surface area contributed by atoms with E-state index >= 15 is 0 Å². The predicted octanol–water partition coefficient (Wildman–Crippen LogP) is 1.81. The molecule has 3 aromatic heterocycles. The lowest BCUT2D eigenvalue weighted by Crippen LogP contribution is -2.44. The van der Waals surface area contributed by atoms with Gasteiger partial charge in [-0.15, -0.1) is 0 Å². The van der Waals surface area contributed by atoms with Crippen molar-refractivity contribution >= 4 is 22.8 Å². The molecular formula is C23H25N5O3S. The molecule has 0 unspecified atom stereocenters. The van der Waals surface area contributed by atoms with Gasteiger partial charge in [-0.1, -0.05) is 11.8 Å². The molecule has 0 spiro atoms. The van der Waals surface area contributed by atoms with Gasteiger partial charge < -0.3 is 15.0 Å². The zero-order chi connectivity index (χ0) is 21.7. The average molecular weight is 452 g/mol. The molecule has 6 heterocycles. The first-order chi connectivity index (χ1) is 15.7. The van der Waals surface area contributed by atoms with E-state index in [1.165, 1.54) is 4.90 Å². The van der Waals surface area contributed by atoms with E-state index in [0.717, 1.165) is 61.5 Å². The zero-order valence-corrected chi connectivity index (χ0v) is 18.5. The minimum Gasteiger partial charge on any atom is -0.480 e. The van der Waals surface area contributed by atoms with Gasteiger partial charge in [-0.25, -0.2) is 0 Å². The molecule has 0 aromatic carbocycles. The van der Waals surface area contributed by atoms with Crippen molar-refractivity contribution in [1.82, 2.24) is 24.3 Å². The van der Waals surface area contributed by atoms with Gasteiger partial charge in [0, 0.05) is 43.2 Å². The molecule has 0 bridgehead atoms. The Hall–Kier alpha value is -2.62. The number of nitrogens with zero attached hydrogens (tertiary/aromatic N) is 4. The summed E-state index contributed by atoms with van der Waals surface area (Å²) in [6.07, 6.45) is 3.94. The highest BCUT2D eigenvalue weighted by Crippen LogP contribution is 2.35. The minimum absolute atomic E-state index is 0.00106. The molecule has 0 saturated carbocycles. The lowest BCUT2D eigenvalue weighted by Gasteiger charge is -2.34. The van der Waals surface area contributed by atoms with Gasteiger partial charge in [0.05, 0.1) is 22.8 Å². The van der Waals surface area contributed by atoms with Crippen molar-refractivity contribution in [2.45, 2.75) is 42.9 Å². The fourth-order valence-electron chi connectivity index (χ4n) is 5.10. The van der Waals surface area contributed by atoms with Crippen molar-refractivity contribution in [3.63, 3.8) is 0 Å². The first kappa shape index (κ1) is 20.0. The second-order valence-electron chi connectivity index (χ2n) is 8.74. The van der Waals surface area contributed by atoms with Crippen molar-refractivity contribution < 1.29 is 4.74 Å². The van der Waals surface area contributed by atoms with Crippen molar-refractivity contribution in [3.8, 4) is 5.75 Å². The Morgan fingerprint density at radius 2 is 1.94 bits per heavy atom. The van der Waals surface area contributed by atoms with Gasteiger partial charge >= 0.3 is 0 Å². The number of piperidine rings is 1. The van der Waals surface area contributed by atoms with Gasteiger partial charge in [-0.3, -0.25) is 23.7 Å². The first-order valence-electron chi connectivity index (χ1n) is 11.1. The van der Waals surface area contributed by atoms with E-state index in [-0.39, 0.29) is 17.2 Å². The number of hydrogen-bond donors (Lipinski definition) is 1.